The van der Waals surface area contributed by atoms with E-state index in [2.05, 4.69) is 38.8 Å². The molecule has 2 aliphatic heterocycles. The number of imide groups is 1. The average molecular weight is 393 g/mol. The lowest BCUT2D eigenvalue weighted by molar-refractivity contribution is -0.123. The van der Waals surface area contributed by atoms with Gasteiger partial charge in [0.25, 0.3) is 11.1 Å². The Labute approximate surface area is 164 Å². The van der Waals surface area contributed by atoms with Crippen molar-refractivity contribution in [1.82, 2.24) is 4.90 Å². The van der Waals surface area contributed by atoms with Gasteiger partial charge in [-0.05, 0) is 81.1 Å². The summed E-state index contributed by atoms with van der Waals surface area (Å²) in [4.78, 5) is 28.6. The molecule has 2 heterocycles. The minimum absolute atomic E-state index is 0.0666. The first-order chi connectivity index (χ1) is 12.0. The van der Waals surface area contributed by atoms with E-state index in [1.807, 2.05) is 19.9 Å². The number of thioether (sulfide) groups is 1. The van der Waals surface area contributed by atoms with Crippen LogP contribution >= 0.6 is 23.4 Å². The lowest BCUT2D eigenvalue weighted by Crippen LogP contribution is -2.45. The Morgan fingerprint density at radius 3 is 2.54 bits per heavy atom. The molecule has 1 aromatic rings. The number of rotatable bonds is 2. The molecule has 1 unspecified atom stereocenters. The van der Waals surface area contributed by atoms with Gasteiger partial charge in [-0.1, -0.05) is 18.5 Å². The Morgan fingerprint density at radius 2 is 1.96 bits per heavy atom. The number of anilines is 1. The van der Waals surface area contributed by atoms with E-state index in [9.17, 15) is 9.59 Å². The SMILES string of the molecule is CC1CC(C)(C)N(C)c2cc(Cl)c(/C=C3\SC(=O)N(C(C)C)C3=O)cc21. The molecule has 1 fully saturated rings. The van der Waals surface area contributed by atoms with Crippen molar-refractivity contribution < 1.29 is 9.59 Å². The third kappa shape index (κ3) is 3.16. The lowest BCUT2D eigenvalue weighted by Gasteiger charge is -2.45. The number of benzene rings is 1. The molecule has 0 aromatic heterocycles. The van der Waals surface area contributed by atoms with Crippen LogP contribution in [0.25, 0.3) is 6.08 Å². The van der Waals surface area contributed by atoms with Crippen LogP contribution in [0.1, 0.15) is 58.1 Å². The normalized spacial score (nSPS) is 24.0. The summed E-state index contributed by atoms with van der Waals surface area (Å²) in [6.45, 7) is 10.4. The highest BCUT2D eigenvalue weighted by atomic mass is 35.5. The minimum atomic E-state index is -0.241. The highest BCUT2D eigenvalue weighted by molar-refractivity contribution is 8.18. The predicted molar refractivity (Wildman–Crippen MR) is 110 cm³/mol. The molecule has 0 saturated carbocycles. The van der Waals surface area contributed by atoms with Crippen molar-refractivity contribution >= 4 is 46.3 Å². The number of nitrogens with zero attached hydrogens (tertiary/aromatic N) is 2. The van der Waals surface area contributed by atoms with Crippen molar-refractivity contribution in [2.24, 2.45) is 0 Å². The molecule has 6 heteroatoms. The standard InChI is InChI=1S/C20H25ClN2O2S/c1-11(2)23-18(24)17(26-19(23)25)8-13-7-14-12(3)10-20(4,5)22(6)16(14)9-15(13)21/h7-9,11-12H,10H2,1-6H3/b17-8-. The zero-order valence-corrected chi connectivity index (χ0v) is 17.7. The van der Waals surface area contributed by atoms with Crippen LogP contribution in [-0.2, 0) is 4.79 Å². The Balaban J connectivity index is 2.03. The van der Waals surface area contributed by atoms with Crippen LogP contribution in [0.2, 0.25) is 5.02 Å². The smallest absolute Gasteiger partial charge is 0.293 e. The van der Waals surface area contributed by atoms with Crippen LogP contribution in [0.15, 0.2) is 17.0 Å². The summed E-state index contributed by atoms with van der Waals surface area (Å²) in [5, 5.41) is 0.372. The largest absolute Gasteiger partial charge is 0.369 e. The van der Waals surface area contributed by atoms with Gasteiger partial charge in [-0.25, -0.2) is 0 Å². The van der Waals surface area contributed by atoms with E-state index in [1.165, 1.54) is 10.5 Å². The highest BCUT2D eigenvalue weighted by Gasteiger charge is 2.37. The Morgan fingerprint density at radius 1 is 1.31 bits per heavy atom. The first-order valence-electron chi connectivity index (χ1n) is 8.87. The number of carbonyl (C=O) groups excluding carboxylic acids is 2. The van der Waals surface area contributed by atoms with Gasteiger partial charge in [0.05, 0.1) is 4.91 Å². The first-order valence-corrected chi connectivity index (χ1v) is 10.1. The minimum Gasteiger partial charge on any atom is -0.369 e. The molecule has 0 aliphatic carbocycles. The van der Waals surface area contributed by atoms with Crippen molar-refractivity contribution in [2.75, 3.05) is 11.9 Å². The number of amides is 2. The van der Waals surface area contributed by atoms with Gasteiger partial charge in [-0.15, -0.1) is 0 Å². The second kappa shape index (κ2) is 6.61. The molecule has 0 N–H and O–H groups in total. The van der Waals surface area contributed by atoms with Crippen molar-refractivity contribution in [1.29, 1.82) is 0 Å². The molecule has 2 aliphatic rings. The summed E-state index contributed by atoms with van der Waals surface area (Å²) in [5.41, 5.74) is 3.22. The molecule has 26 heavy (non-hydrogen) atoms. The van der Waals surface area contributed by atoms with Crippen LogP contribution in [-0.4, -0.2) is 34.7 Å². The summed E-state index contributed by atoms with van der Waals surface area (Å²) in [6, 6.07) is 3.90. The summed E-state index contributed by atoms with van der Waals surface area (Å²) in [7, 11) is 2.09. The van der Waals surface area contributed by atoms with Crippen molar-refractivity contribution in [3.63, 3.8) is 0 Å². The van der Waals surface area contributed by atoms with Gasteiger partial charge in [0.2, 0.25) is 0 Å². The Kier molecular flexibility index (Phi) is 4.91. The molecule has 1 atom stereocenters. The fourth-order valence-corrected chi connectivity index (χ4v) is 4.95. The zero-order valence-electron chi connectivity index (χ0n) is 16.1. The first kappa shape index (κ1) is 19.3. The molecule has 140 valence electrons. The molecule has 0 spiro atoms. The number of halogens is 1. The quantitative estimate of drug-likeness (QED) is 0.622. The molecule has 2 amide bonds. The fourth-order valence-electron chi connectivity index (χ4n) is 3.78. The van der Waals surface area contributed by atoms with Crippen LogP contribution in [0.5, 0.6) is 0 Å². The number of hydrogen-bond acceptors (Lipinski definition) is 4. The maximum atomic E-state index is 12.5. The van der Waals surface area contributed by atoms with E-state index in [4.69, 9.17) is 11.6 Å². The highest BCUT2D eigenvalue weighted by Crippen LogP contribution is 2.45. The third-order valence-corrected chi connectivity index (χ3v) is 6.59. The molecule has 4 nitrogen and oxygen atoms in total. The van der Waals surface area contributed by atoms with E-state index in [1.54, 1.807) is 6.08 Å². The average Bonchev–Trinajstić information content (AvgIpc) is 2.80. The lowest BCUT2D eigenvalue weighted by atomic mass is 9.80. The van der Waals surface area contributed by atoms with Crippen LogP contribution in [0, 0.1) is 0 Å². The van der Waals surface area contributed by atoms with Crippen LogP contribution in [0.4, 0.5) is 10.5 Å². The van der Waals surface area contributed by atoms with E-state index in [0.29, 0.717) is 15.8 Å². The van der Waals surface area contributed by atoms with Crippen molar-refractivity contribution in [2.45, 2.75) is 58.5 Å². The number of fused-ring (bicyclic) bond motifs is 1. The monoisotopic (exact) mass is 392 g/mol. The molecule has 1 saturated heterocycles. The van der Waals surface area contributed by atoms with E-state index in [-0.39, 0.29) is 22.7 Å². The topological polar surface area (TPSA) is 40.6 Å². The van der Waals surface area contributed by atoms with E-state index < -0.39 is 0 Å². The summed E-state index contributed by atoms with van der Waals surface area (Å²) >= 11 is 7.52. The van der Waals surface area contributed by atoms with Gasteiger partial charge in [0.15, 0.2) is 0 Å². The molecular weight excluding hydrogens is 368 g/mol. The maximum absolute atomic E-state index is 12.5. The fraction of sp³-hybridized carbons (Fsp3) is 0.500. The number of carbonyl (C=O) groups is 2. The predicted octanol–water partition coefficient (Wildman–Crippen LogP) is 5.51. The van der Waals surface area contributed by atoms with Gasteiger partial charge in [-0.3, -0.25) is 14.5 Å². The number of hydrogen-bond donors (Lipinski definition) is 0. The molecule has 0 radical (unpaired) electrons. The van der Waals surface area contributed by atoms with E-state index in [0.717, 1.165) is 29.4 Å². The van der Waals surface area contributed by atoms with Gasteiger partial charge < -0.3 is 4.90 Å². The third-order valence-electron chi connectivity index (χ3n) is 5.38. The maximum Gasteiger partial charge on any atom is 0.293 e. The van der Waals surface area contributed by atoms with Gasteiger partial charge in [-0.2, -0.15) is 0 Å². The molecule has 0 bridgehead atoms. The summed E-state index contributed by atoms with van der Waals surface area (Å²) < 4.78 is 0. The molecule has 1 aromatic carbocycles. The summed E-state index contributed by atoms with van der Waals surface area (Å²) in [6.07, 6.45) is 2.80. The van der Waals surface area contributed by atoms with Crippen molar-refractivity contribution in [3.05, 3.63) is 33.2 Å². The van der Waals surface area contributed by atoms with Gasteiger partial charge >= 0.3 is 0 Å². The summed E-state index contributed by atoms with van der Waals surface area (Å²) in [5.74, 6) is 0.154. The van der Waals surface area contributed by atoms with Gasteiger partial charge in [0.1, 0.15) is 0 Å². The van der Waals surface area contributed by atoms with Gasteiger partial charge in [0, 0.05) is 29.3 Å². The second-order valence-corrected chi connectivity index (χ2v) is 9.46. The Hall–Kier alpha value is -1.46. The van der Waals surface area contributed by atoms with E-state index >= 15 is 0 Å². The van der Waals surface area contributed by atoms with Crippen LogP contribution in [0.3, 0.4) is 0 Å². The Bertz CT molecular complexity index is 816. The molecule has 3 rings (SSSR count). The zero-order chi connectivity index (χ0) is 19.4. The second-order valence-electron chi connectivity index (χ2n) is 8.05. The molecular formula is C20H25ClN2O2S. The van der Waals surface area contributed by atoms with Crippen molar-refractivity contribution in [3.8, 4) is 0 Å². The van der Waals surface area contributed by atoms with Crippen LogP contribution < -0.4 is 4.90 Å².